The number of anilines is 2. The molecule has 0 bridgehead atoms. The van der Waals surface area contributed by atoms with Crippen molar-refractivity contribution in [3.05, 3.63) is 77.2 Å². The molecular weight excluding hydrogens is 568 g/mol. The average Bonchev–Trinajstić information content (AvgIpc) is 3.02. The minimum atomic E-state index is -0.137. The molecule has 0 unspecified atom stereocenters. The first-order chi connectivity index (χ1) is 20.9. The second kappa shape index (κ2) is 27.0. The first kappa shape index (κ1) is 39.1. The van der Waals surface area contributed by atoms with Crippen molar-refractivity contribution in [1.82, 2.24) is 15.6 Å². The largest absolute Gasteiger partial charge is 0.405 e. The van der Waals surface area contributed by atoms with Crippen LogP contribution in [0.5, 0.6) is 0 Å². The minimum absolute atomic E-state index is 0.137. The van der Waals surface area contributed by atoms with Gasteiger partial charge in [-0.1, -0.05) is 44.0 Å². The Morgan fingerprint density at radius 1 is 1.14 bits per heavy atom. The predicted molar refractivity (Wildman–Crippen MR) is 177 cm³/mol. The van der Waals surface area contributed by atoms with E-state index in [9.17, 15) is 9.59 Å². The van der Waals surface area contributed by atoms with E-state index >= 15 is 0 Å². The van der Waals surface area contributed by atoms with Crippen LogP contribution in [0.2, 0.25) is 0 Å². The van der Waals surface area contributed by atoms with E-state index in [1.807, 2.05) is 37.3 Å². The molecule has 1 aliphatic rings. The summed E-state index contributed by atoms with van der Waals surface area (Å²) in [5, 5.41) is 8.65. The van der Waals surface area contributed by atoms with Gasteiger partial charge < -0.3 is 31.3 Å². The van der Waals surface area contributed by atoms with Gasteiger partial charge in [0, 0.05) is 49.2 Å². The van der Waals surface area contributed by atoms with Crippen LogP contribution in [0.3, 0.4) is 0 Å². The number of nitrogens with two attached hydrogens (primary N) is 1. The van der Waals surface area contributed by atoms with Crippen molar-refractivity contribution >= 4 is 41.7 Å². The summed E-state index contributed by atoms with van der Waals surface area (Å²) in [6.07, 6.45) is 14.5. The Balaban J connectivity index is 0.000000977. The molecule has 3 amide bonds. The zero-order chi connectivity index (χ0) is 32.1. The van der Waals surface area contributed by atoms with E-state index in [2.05, 4.69) is 45.7 Å². The Kier molecular flexibility index (Phi) is 24.5. The molecule has 0 radical (unpaired) electrons. The quantitative estimate of drug-likeness (QED) is 0.194. The number of nitrogens with zero attached hydrogens (tertiary/aromatic N) is 2. The van der Waals surface area contributed by atoms with E-state index in [0.29, 0.717) is 30.6 Å². The Labute approximate surface area is 262 Å². The third kappa shape index (κ3) is 19.8. The lowest BCUT2D eigenvalue weighted by Gasteiger charge is -2.29. The van der Waals surface area contributed by atoms with Gasteiger partial charge in [0.15, 0.2) is 0 Å². The maximum absolute atomic E-state index is 12.8. The maximum Gasteiger partial charge on any atom is 0.255 e. The molecule has 0 spiro atoms. The standard InChI is InChI=1S/C21H26N4O3.C6H10ClN.C3H8.C2H5NO/c26-16-23-8-2-1-4-17-14-19(25-10-12-28-13-11-25)6-7-20(17)21(27)24-18-5-3-9-22-15-18;1-6(7)4-2-3-5-8;1-3-2;1-3-2-4/h3,5-7,9,14-16H,1-2,4,8,10-13H2,(H,23,26)(H,24,27);3-5H,2,8H2,1H3;3H2,1-2H3;2H,1H3,(H,3,4)/b;5-3-,6-4+;;. The second-order valence-corrected chi connectivity index (χ2v) is 9.83. The first-order valence-electron chi connectivity index (χ1n) is 14.5. The zero-order valence-corrected chi connectivity index (χ0v) is 26.7. The SMILES string of the molecule is C/C(Cl)=C\C/C=C\N.CCC.CNC=O.O=CNCCCCc1cc(N2CCOCC2)ccc1C(=O)Nc1cccnc1. The molecule has 43 heavy (non-hydrogen) atoms. The fraction of sp³-hybridized carbons (Fsp3) is 0.438. The Morgan fingerprint density at radius 2 is 1.84 bits per heavy atom. The fourth-order valence-corrected chi connectivity index (χ4v) is 3.66. The number of carbonyl (C=O) groups excluding carboxylic acids is 3. The Morgan fingerprint density at radius 3 is 2.40 bits per heavy atom. The summed E-state index contributed by atoms with van der Waals surface area (Å²) in [6.45, 7) is 9.87. The number of nitrogens with one attached hydrogen (secondary N) is 3. The minimum Gasteiger partial charge on any atom is -0.405 e. The van der Waals surface area contributed by atoms with Gasteiger partial charge in [-0.05, 0) is 74.7 Å². The van der Waals surface area contributed by atoms with Crippen molar-refractivity contribution in [2.24, 2.45) is 5.73 Å². The van der Waals surface area contributed by atoms with Crippen LogP contribution in [-0.4, -0.2) is 63.6 Å². The molecule has 2 aromatic rings. The van der Waals surface area contributed by atoms with Gasteiger partial charge in [0.2, 0.25) is 12.8 Å². The number of hydrogen-bond acceptors (Lipinski definition) is 7. The van der Waals surface area contributed by atoms with Gasteiger partial charge >= 0.3 is 0 Å². The summed E-state index contributed by atoms with van der Waals surface area (Å²) >= 11 is 5.50. The highest BCUT2D eigenvalue weighted by Gasteiger charge is 2.16. The Bertz CT molecular complexity index is 1070. The van der Waals surface area contributed by atoms with Crippen molar-refractivity contribution in [2.75, 3.05) is 50.1 Å². The van der Waals surface area contributed by atoms with Crippen LogP contribution in [0, 0.1) is 0 Å². The maximum atomic E-state index is 12.8. The number of aryl methyl sites for hydroxylation is 1. The topological polar surface area (TPSA) is 139 Å². The number of rotatable bonds is 12. The number of halogens is 1. The van der Waals surface area contributed by atoms with Crippen molar-refractivity contribution in [2.45, 2.75) is 52.9 Å². The number of hydrogen-bond donors (Lipinski definition) is 4. The normalized spacial score (nSPS) is 12.3. The number of pyridine rings is 1. The number of unbranched alkanes of at least 4 members (excludes halogenated alkanes) is 1. The third-order valence-electron chi connectivity index (χ3n) is 5.52. The van der Waals surface area contributed by atoms with Gasteiger partial charge in [-0.15, -0.1) is 0 Å². The van der Waals surface area contributed by atoms with Crippen molar-refractivity contribution in [3.63, 3.8) is 0 Å². The third-order valence-corrected chi connectivity index (χ3v) is 5.67. The summed E-state index contributed by atoms with van der Waals surface area (Å²) in [5.41, 5.74) is 8.53. The van der Waals surface area contributed by atoms with Crippen LogP contribution >= 0.6 is 11.6 Å². The van der Waals surface area contributed by atoms with Crippen LogP contribution in [0.15, 0.2) is 66.1 Å². The van der Waals surface area contributed by atoms with Gasteiger partial charge in [-0.2, -0.15) is 0 Å². The molecule has 2 heterocycles. The molecule has 1 aromatic heterocycles. The molecule has 0 aliphatic carbocycles. The second-order valence-electron chi connectivity index (χ2n) is 9.23. The van der Waals surface area contributed by atoms with E-state index in [0.717, 1.165) is 68.3 Å². The molecule has 1 aromatic carbocycles. The highest BCUT2D eigenvalue weighted by Crippen LogP contribution is 2.23. The summed E-state index contributed by atoms with van der Waals surface area (Å²) in [7, 11) is 1.56. The highest BCUT2D eigenvalue weighted by atomic mass is 35.5. The van der Waals surface area contributed by atoms with E-state index in [1.165, 1.54) is 12.6 Å². The molecule has 10 nitrogen and oxygen atoms in total. The number of benzene rings is 1. The zero-order valence-electron chi connectivity index (χ0n) is 26.0. The van der Waals surface area contributed by atoms with E-state index < -0.39 is 0 Å². The highest BCUT2D eigenvalue weighted by molar-refractivity contribution is 6.29. The van der Waals surface area contributed by atoms with Gasteiger partial charge in [0.05, 0.1) is 25.1 Å². The summed E-state index contributed by atoms with van der Waals surface area (Å²) in [5.74, 6) is -0.137. The number of ether oxygens (including phenoxy) is 1. The van der Waals surface area contributed by atoms with Gasteiger partial charge in [-0.3, -0.25) is 19.4 Å². The lowest BCUT2D eigenvalue weighted by Crippen LogP contribution is -2.36. The monoisotopic (exact) mass is 616 g/mol. The Hall–Kier alpha value is -3.89. The van der Waals surface area contributed by atoms with Crippen molar-refractivity contribution < 1.29 is 19.1 Å². The van der Waals surface area contributed by atoms with E-state index in [4.69, 9.17) is 26.9 Å². The molecule has 1 saturated heterocycles. The molecule has 0 saturated carbocycles. The number of carbonyl (C=O) groups is 3. The number of morpholine rings is 1. The number of aromatic nitrogens is 1. The van der Waals surface area contributed by atoms with Crippen LogP contribution in [0.4, 0.5) is 11.4 Å². The average molecular weight is 617 g/mol. The van der Waals surface area contributed by atoms with Gasteiger partial charge in [-0.25, -0.2) is 0 Å². The van der Waals surface area contributed by atoms with Crippen LogP contribution in [0.1, 0.15) is 62.4 Å². The smallest absolute Gasteiger partial charge is 0.255 e. The van der Waals surface area contributed by atoms with Crippen LogP contribution in [-0.2, 0) is 20.7 Å². The summed E-state index contributed by atoms with van der Waals surface area (Å²) < 4.78 is 5.44. The lowest BCUT2D eigenvalue weighted by molar-refractivity contribution is -0.110. The fourth-order valence-electron chi connectivity index (χ4n) is 3.57. The van der Waals surface area contributed by atoms with Gasteiger partial charge in [0.1, 0.15) is 0 Å². The van der Waals surface area contributed by atoms with E-state index in [-0.39, 0.29) is 5.91 Å². The van der Waals surface area contributed by atoms with Crippen molar-refractivity contribution in [3.8, 4) is 0 Å². The predicted octanol–water partition coefficient (Wildman–Crippen LogP) is 5.01. The summed E-state index contributed by atoms with van der Waals surface area (Å²) in [6, 6.07) is 9.61. The molecule has 1 fully saturated rings. The van der Waals surface area contributed by atoms with Crippen LogP contribution < -0.4 is 26.6 Å². The summed E-state index contributed by atoms with van der Waals surface area (Å²) in [4.78, 5) is 38.6. The van der Waals surface area contributed by atoms with Crippen molar-refractivity contribution in [1.29, 1.82) is 0 Å². The molecule has 5 N–H and O–H groups in total. The number of allylic oxidation sites excluding steroid dienone is 3. The van der Waals surface area contributed by atoms with Gasteiger partial charge in [0.25, 0.3) is 5.91 Å². The van der Waals surface area contributed by atoms with E-state index in [1.54, 1.807) is 25.5 Å². The van der Waals surface area contributed by atoms with Crippen LogP contribution in [0.25, 0.3) is 0 Å². The molecule has 238 valence electrons. The first-order valence-corrected chi connectivity index (χ1v) is 14.9. The lowest BCUT2D eigenvalue weighted by atomic mass is 9.99. The molecule has 1 aliphatic heterocycles. The molecule has 0 atom stereocenters. The molecule has 11 heteroatoms. The molecule has 3 rings (SSSR count). The molecular formula is C32H49ClN6O4. The number of amides is 3.